The molecule has 0 saturated carbocycles. The van der Waals surface area contributed by atoms with Crippen molar-refractivity contribution in [2.24, 2.45) is 5.10 Å². The van der Waals surface area contributed by atoms with Gasteiger partial charge in [-0.2, -0.15) is 5.10 Å². The van der Waals surface area contributed by atoms with E-state index in [-0.39, 0.29) is 24.5 Å². The molecule has 8 heteroatoms. The summed E-state index contributed by atoms with van der Waals surface area (Å²) >= 11 is 5.87. The number of amides is 2. The number of hydrogen-bond acceptors (Lipinski definition) is 5. The maximum atomic E-state index is 12.0. The Morgan fingerprint density at radius 3 is 2.63 bits per heavy atom. The number of nitrogens with one attached hydrogen (secondary N) is 2. The van der Waals surface area contributed by atoms with Crippen LogP contribution in [0.5, 0.6) is 11.5 Å². The lowest BCUT2D eigenvalue weighted by molar-refractivity contribution is -0.124. The van der Waals surface area contributed by atoms with E-state index in [1.165, 1.54) is 19.4 Å². The first-order valence-corrected chi connectivity index (χ1v) is 8.51. The number of phenolic OH excluding ortho intramolecular Hbond substituents is 1. The maximum Gasteiger partial charge on any atom is 0.240 e. The van der Waals surface area contributed by atoms with Gasteiger partial charge in [0.2, 0.25) is 11.8 Å². The van der Waals surface area contributed by atoms with Crippen molar-refractivity contribution >= 4 is 35.3 Å². The van der Waals surface area contributed by atoms with Crippen LogP contribution in [0.2, 0.25) is 5.02 Å². The van der Waals surface area contributed by atoms with Crippen LogP contribution in [-0.4, -0.2) is 30.2 Å². The van der Waals surface area contributed by atoms with E-state index in [4.69, 9.17) is 16.3 Å². The van der Waals surface area contributed by atoms with E-state index < -0.39 is 5.91 Å². The summed E-state index contributed by atoms with van der Waals surface area (Å²) in [6, 6.07) is 9.77. The van der Waals surface area contributed by atoms with Crippen molar-refractivity contribution in [1.29, 1.82) is 0 Å². The molecule has 0 unspecified atom stereocenters. The van der Waals surface area contributed by atoms with Gasteiger partial charge in [-0.15, -0.1) is 0 Å². The summed E-state index contributed by atoms with van der Waals surface area (Å²) in [7, 11) is 1.51. The summed E-state index contributed by atoms with van der Waals surface area (Å²) in [5.41, 5.74) is 4.19. The van der Waals surface area contributed by atoms with Gasteiger partial charge in [0.05, 0.1) is 13.3 Å². The Bertz CT molecular complexity index is 868. The molecule has 7 nitrogen and oxygen atoms in total. The molecule has 0 aromatic heterocycles. The quantitative estimate of drug-likeness (QED) is 0.500. The fourth-order valence-electron chi connectivity index (χ4n) is 2.20. The Hall–Kier alpha value is -3.06. The van der Waals surface area contributed by atoms with Crippen LogP contribution in [0.1, 0.15) is 24.0 Å². The molecule has 142 valence electrons. The molecule has 0 saturated heterocycles. The predicted octanol–water partition coefficient (Wildman–Crippen LogP) is 3.23. The highest BCUT2D eigenvalue weighted by Crippen LogP contribution is 2.21. The second-order valence-electron chi connectivity index (χ2n) is 5.73. The summed E-state index contributed by atoms with van der Waals surface area (Å²) in [4.78, 5) is 23.8. The number of halogens is 1. The van der Waals surface area contributed by atoms with Crippen LogP contribution < -0.4 is 15.5 Å². The SMILES string of the molecule is COc1ccc(O)c(/C=N/NC(=O)CCC(=O)Nc2ccc(Cl)cc2C)c1. The molecule has 27 heavy (non-hydrogen) atoms. The number of methoxy groups -OCH3 is 1. The zero-order chi connectivity index (χ0) is 19.8. The number of nitrogens with zero attached hydrogens (tertiary/aromatic N) is 1. The lowest BCUT2D eigenvalue weighted by atomic mass is 10.2. The molecule has 2 amide bonds. The average molecular weight is 390 g/mol. The Kier molecular flexibility index (Phi) is 7.19. The average Bonchev–Trinajstić information content (AvgIpc) is 2.64. The molecule has 2 aromatic carbocycles. The topological polar surface area (TPSA) is 100 Å². The summed E-state index contributed by atoms with van der Waals surface area (Å²) in [5, 5.41) is 16.8. The molecule has 3 N–H and O–H groups in total. The first-order chi connectivity index (χ1) is 12.9. The van der Waals surface area contributed by atoms with Gasteiger partial charge >= 0.3 is 0 Å². The molecule has 0 radical (unpaired) electrons. The number of aromatic hydroxyl groups is 1. The van der Waals surface area contributed by atoms with Crippen molar-refractivity contribution in [3.63, 3.8) is 0 Å². The number of aryl methyl sites for hydroxylation is 1. The van der Waals surface area contributed by atoms with Crippen LogP contribution in [0.3, 0.4) is 0 Å². The van der Waals surface area contributed by atoms with E-state index in [0.717, 1.165) is 5.56 Å². The van der Waals surface area contributed by atoms with Gasteiger partial charge in [0.1, 0.15) is 11.5 Å². The van der Waals surface area contributed by atoms with Gasteiger partial charge in [-0.3, -0.25) is 9.59 Å². The lowest BCUT2D eigenvalue weighted by Crippen LogP contribution is -2.20. The molecule has 0 bridgehead atoms. The molecule has 0 atom stereocenters. The monoisotopic (exact) mass is 389 g/mol. The molecule has 0 aliphatic carbocycles. The van der Waals surface area contributed by atoms with Crippen molar-refractivity contribution in [2.45, 2.75) is 19.8 Å². The molecule has 2 aromatic rings. The summed E-state index contributed by atoms with van der Waals surface area (Å²) < 4.78 is 5.05. The van der Waals surface area contributed by atoms with E-state index in [0.29, 0.717) is 22.0 Å². The van der Waals surface area contributed by atoms with E-state index in [9.17, 15) is 14.7 Å². The van der Waals surface area contributed by atoms with Gasteiger partial charge < -0.3 is 15.2 Å². The van der Waals surface area contributed by atoms with Crippen LogP contribution in [-0.2, 0) is 9.59 Å². The minimum absolute atomic E-state index is 0.00603. The number of phenols is 1. The van der Waals surface area contributed by atoms with Gasteiger partial charge in [0, 0.05) is 29.1 Å². The molecule has 0 heterocycles. The smallest absolute Gasteiger partial charge is 0.240 e. The number of anilines is 1. The fourth-order valence-corrected chi connectivity index (χ4v) is 2.43. The van der Waals surface area contributed by atoms with Crippen molar-refractivity contribution in [3.8, 4) is 11.5 Å². The molecule has 2 rings (SSSR count). The van der Waals surface area contributed by atoms with E-state index in [1.807, 2.05) is 6.92 Å². The number of rotatable bonds is 7. The maximum absolute atomic E-state index is 12.0. The first kappa shape index (κ1) is 20.3. The highest BCUT2D eigenvalue weighted by molar-refractivity contribution is 6.30. The standard InChI is InChI=1S/C19H20ClN3O4/c1-12-9-14(20)3-5-16(12)22-18(25)7-8-19(26)23-21-11-13-10-15(27-2)4-6-17(13)24/h3-6,9-11,24H,7-8H2,1-2H3,(H,22,25)(H,23,26)/b21-11+. The summed E-state index contributed by atoms with van der Waals surface area (Å²) in [6.45, 7) is 1.83. The van der Waals surface area contributed by atoms with Crippen LogP contribution in [0, 0.1) is 6.92 Å². The molecular weight excluding hydrogens is 370 g/mol. The van der Waals surface area contributed by atoms with E-state index >= 15 is 0 Å². The predicted molar refractivity (Wildman–Crippen MR) is 104 cm³/mol. The van der Waals surface area contributed by atoms with Gasteiger partial charge in [0.25, 0.3) is 0 Å². The number of hydrazone groups is 1. The Labute approximate surface area is 162 Å². The van der Waals surface area contributed by atoms with Crippen LogP contribution in [0.4, 0.5) is 5.69 Å². The lowest BCUT2D eigenvalue weighted by Gasteiger charge is -2.08. The van der Waals surface area contributed by atoms with Gasteiger partial charge in [-0.25, -0.2) is 5.43 Å². The highest BCUT2D eigenvalue weighted by Gasteiger charge is 2.08. The molecule has 0 spiro atoms. The van der Waals surface area contributed by atoms with Crippen LogP contribution >= 0.6 is 11.6 Å². The van der Waals surface area contributed by atoms with E-state index in [1.54, 1.807) is 30.3 Å². The molecule has 0 aliphatic heterocycles. The zero-order valence-corrected chi connectivity index (χ0v) is 15.7. The van der Waals surface area contributed by atoms with Crippen LogP contribution in [0.25, 0.3) is 0 Å². The molecule has 0 fully saturated rings. The Morgan fingerprint density at radius 2 is 1.93 bits per heavy atom. The number of carbonyl (C=O) groups excluding carboxylic acids is 2. The van der Waals surface area contributed by atoms with Gasteiger partial charge in [-0.1, -0.05) is 11.6 Å². The van der Waals surface area contributed by atoms with Gasteiger partial charge in [0.15, 0.2) is 0 Å². The second kappa shape index (κ2) is 9.59. The Morgan fingerprint density at radius 1 is 1.19 bits per heavy atom. The highest BCUT2D eigenvalue weighted by atomic mass is 35.5. The minimum atomic E-state index is -0.420. The Balaban J connectivity index is 1.81. The van der Waals surface area contributed by atoms with Crippen molar-refractivity contribution in [2.75, 3.05) is 12.4 Å². The normalized spacial score (nSPS) is 10.6. The summed E-state index contributed by atoms with van der Waals surface area (Å²) in [6.07, 6.45) is 1.28. The third-order valence-electron chi connectivity index (χ3n) is 3.67. The third-order valence-corrected chi connectivity index (χ3v) is 3.90. The van der Waals surface area contributed by atoms with Crippen molar-refractivity contribution in [3.05, 3.63) is 52.5 Å². The first-order valence-electron chi connectivity index (χ1n) is 8.14. The summed E-state index contributed by atoms with van der Waals surface area (Å²) in [5.74, 6) is -0.150. The number of carbonyl (C=O) groups is 2. The third kappa shape index (κ3) is 6.31. The van der Waals surface area contributed by atoms with Crippen molar-refractivity contribution in [1.82, 2.24) is 5.43 Å². The molecule has 0 aliphatic rings. The van der Waals surface area contributed by atoms with E-state index in [2.05, 4.69) is 15.8 Å². The number of benzene rings is 2. The minimum Gasteiger partial charge on any atom is -0.507 e. The second-order valence-corrected chi connectivity index (χ2v) is 6.16. The largest absolute Gasteiger partial charge is 0.507 e. The zero-order valence-electron chi connectivity index (χ0n) is 15.0. The van der Waals surface area contributed by atoms with Crippen LogP contribution in [0.15, 0.2) is 41.5 Å². The number of hydrogen-bond donors (Lipinski definition) is 3. The fraction of sp³-hybridized carbons (Fsp3) is 0.211. The molecular formula is C19H20ClN3O4. The van der Waals surface area contributed by atoms with Gasteiger partial charge in [-0.05, 0) is 48.9 Å². The number of ether oxygens (including phenoxy) is 1. The van der Waals surface area contributed by atoms with Crippen molar-refractivity contribution < 1.29 is 19.4 Å².